The van der Waals surface area contributed by atoms with Crippen LogP contribution in [-0.4, -0.2) is 23.2 Å². The number of carbonyl (C=O) groups is 1. The normalized spacial score (nSPS) is 12.0. The number of ketones is 1. The topological polar surface area (TPSA) is 26.3 Å². The Morgan fingerprint density at radius 2 is 1.78 bits per heavy atom. The summed E-state index contributed by atoms with van der Waals surface area (Å²) in [5, 5.41) is 0. The third-order valence-corrected chi connectivity index (χ3v) is 2.25. The van der Waals surface area contributed by atoms with Crippen LogP contribution in [0.15, 0.2) is 24.3 Å². The van der Waals surface area contributed by atoms with E-state index >= 15 is 0 Å². The van der Waals surface area contributed by atoms with Crippen LogP contribution in [0, 0.1) is 0 Å². The Morgan fingerprint density at radius 1 is 1.22 bits per heavy atom. The number of ether oxygens (including phenoxy) is 1. The summed E-state index contributed by atoms with van der Waals surface area (Å²) in [7, 11) is 0. The van der Waals surface area contributed by atoms with Crippen molar-refractivity contribution in [2.24, 2.45) is 0 Å². The van der Waals surface area contributed by atoms with E-state index in [-0.39, 0.29) is 0 Å². The van der Waals surface area contributed by atoms with Crippen LogP contribution in [0.25, 0.3) is 0 Å². The van der Waals surface area contributed by atoms with Gasteiger partial charge in [0.15, 0.2) is 10.6 Å². The fraction of sp³-hybridized carbons (Fsp3) is 0.300. The summed E-state index contributed by atoms with van der Waals surface area (Å²) in [6.07, 6.45) is -8.73. The number of Topliss-reactive ketones (excluding diaryl/α,β-unsaturated/α-hetero) is 1. The summed E-state index contributed by atoms with van der Waals surface area (Å²) in [5.74, 6) is -1.63. The molecule has 100 valence electrons. The lowest BCUT2D eigenvalue weighted by atomic mass is 10.1. The van der Waals surface area contributed by atoms with Crippen molar-refractivity contribution in [3.63, 3.8) is 0 Å². The Balaban J connectivity index is 3.07. The van der Waals surface area contributed by atoms with E-state index in [4.69, 9.17) is 23.2 Å². The molecule has 0 atom stereocenters. The van der Waals surface area contributed by atoms with Gasteiger partial charge in [-0.25, -0.2) is 0 Å². The Kier molecular flexibility index (Phi) is 4.81. The summed E-state index contributed by atoms with van der Waals surface area (Å²) < 4.78 is 53.3. The van der Waals surface area contributed by atoms with Gasteiger partial charge in [-0.15, -0.1) is 0 Å². The molecule has 0 fully saturated rings. The second-order valence-corrected chi connectivity index (χ2v) is 4.22. The highest BCUT2D eigenvalue weighted by atomic mass is 35.5. The lowest BCUT2D eigenvalue weighted by molar-refractivity contribution is -0.253. The number of carbonyl (C=O) groups excluding carboxylic acids is 1. The maximum absolute atomic E-state index is 12.7. The molecule has 0 N–H and O–H groups in total. The Bertz CT molecular complexity index is 438. The molecule has 0 amide bonds. The number of halogens is 6. The number of alkyl halides is 6. The second-order valence-electron chi connectivity index (χ2n) is 3.13. The van der Waals surface area contributed by atoms with E-state index in [0.717, 1.165) is 12.1 Å². The van der Waals surface area contributed by atoms with Gasteiger partial charge in [-0.2, -0.15) is 17.6 Å². The SMILES string of the molecule is O=C(c1ccccc1OC(F)(F)C(F)F)C(Cl)Cl. The van der Waals surface area contributed by atoms with E-state index in [2.05, 4.69) is 4.74 Å². The summed E-state index contributed by atoms with van der Waals surface area (Å²) in [6, 6.07) is 4.61. The molecule has 1 aromatic rings. The van der Waals surface area contributed by atoms with Crippen LogP contribution in [0.5, 0.6) is 5.75 Å². The summed E-state index contributed by atoms with van der Waals surface area (Å²) >= 11 is 10.6. The van der Waals surface area contributed by atoms with Crippen LogP contribution in [0.4, 0.5) is 17.6 Å². The lowest BCUT2D eigenvalue weighted by Gasteiger charge is -2.18. The van der Waals surface area contributed by atoms with Gasteiger partial charge >= 0.3 is 12.5 Å². The third kappa shape index (κ3) is 3.49. The largest absolute Gasteiger partial charge is 0.461 e. The molecule has 0 unspecified atom stereocenters. The molecule has 0 aromatic heterocycles. The van der Waals surface area contributed by atoms with Crippen molar-refractivity contribution in [1.29, 1.82) is 0 Å². The van der Waals surface area contributed by atoms with Crippen molar-refractivity contribution in [2.45, 2.75) is 17.4 Å². The fourth-order valence-electron chi connectivity index (χ4n) is 1.07. The van der Waals surface area contributed by atoms with Crippen LogP contribution < -0.4 is 4.74 Å². The molecule has 2 nitrogen and oxygen atoms in total. The number of benzene rings is 1. The fourth-order valence-corrected chi connectivity index (χ4v) is 1.30. The quantitative estimate of drug-likeness (QED) is 0.468. The first-order valence-corrected chi connectivity index (χ1v) is 5.39. The van der Waals surface area contributed by atoms with Crippen LogP contribution in [0.2, 0.25) is 0 Å². The average Bonchev–Trinajstić information content (AvgIpc) is 2.28. The van der Waals surface area contributed by atoms with Gasteiger partial charge in [0.2, 0.25) is 0 Å². The van der Waals surface area contributed by atoms with Crippen molar-refractivity contribution in [3.05, 3.63) is 29.8 Å². The predicted octanol–water partition coefficient (Wildman–Crippen LogP) is 3.91. The molecular formula is C10H6Cl2F4O2. The maximum Gasteiger partial charge on any atom is 0.461 e. The average molecular weight is 305 g/mol. The van der Waals surface area contributed by atoms with E-state index in [1.165, 1.54) is 12.1 Å². The minimum absolute atomic E-state index is 0.396. The summed E-state index contributed by atoms with van der Waals surface area (Å²) in [6.45, 7) is 0. The van der Waals surface area contributed by atoms with Crippen molar-refractivity contribution >= 4 is 29.0 Å². The van der Waals surface area contributed by atoms with E-state index in [1.54, 1.807) is 0 Å². The zero-order chi connectivity index (χ0) is 13.9. The smallest absolute Gasteiger partial charge is 0.428 e. The van der Waals surface area contributed by atoms with E-state index in [0.29, 0.717) is 0 Å². The molecular weight excluding hydrogens is 299 g/mol. The Hall–Kier alpha value is -1.01. The zero-order valence-corrected chi connectivity index (χ0v) is 10.1. The van der Waals surface area contributed by atoms with E-state index in [1.807, 2.05) is 0 Å². The molecule has 0 saturated heterocycles. The van der Waals surface area contributed by atoms with E-state index < -0.39 is 34.5 Å². The molecule has 1 rings (SSSR count). The standard InChI is InChI=1S/C10H6Cl2F4O2/c11-8(12)7(17)5-3-1-2-4-6(5)18-10(15,16)9(13)14/h1-4,8-9H. The first kappa shape index (κ1) is 15.0. The van der Waals surface area contributed by atoms with Crippen molar-refractivity contribution in [1.82, 2.24) is 0 Å². The predicted molar refractivity (Wildman–Crippen MR) is 57.8 cm³/mol. The maximum atomic E-state index is 12.7. The number of hydrogen-bond acceptors (Lipinski definition) is 2. The van der Waals surface area contributed by atoms with Gasteiger partial charge in [-0.3, -0.25) is 4.79 Å². The lowest BCUT2D eigenvalue weighted by Crippen LogP contribution is -2.34. The van der Waals surface area contributed by atoms with Crippen LogP contribution in [0.1, 0.15) is 10.4 Å². The van der Waals surface area contributed by atoms with Crippen LogP contribution in [-0.2, 0) is 0 Å². The number of rotatable bonds is 5. The van der Waals surface area contributed by atoms with Crippen molar-refractivity contribution in [3.8, 4) is 5.75 Å². The van der Waals surface area contributed by atoms with E-state index in [9.17, 15) is 22.4 Å². The van der Waals surface area contributed by atoms with Crippen LogP contribution in [0.3, 0.4) is 0 Å². The van der Waals surface area contributed by atoms with Crippen LogP contribution >= 0.6 is 23.2 Å². The molecule has 8 heteroatoms. The molecule has 0 saturated carbocycles. The molecule has 18 heavy (non-hydrogen) atoms. The van der Waals surface area contributed by atoms with Gasteiger partial charge in [0.1, 0.15) is 5.75 Å². The molecule has 0 spiro atoms. The first-order valence-electron chi connectivity index (χ1n) is 4.52. The Labute approximate surface area is 109 Å². The van der Waals surface area contributed by atoms with Gasteiger partial charge in [0.25, 0.3) is 0 Å². The summed E-state index contributed by atoms with van der Waals surface area (Å²) in [5.41, 5.74) is -0.396. The minimum Gasteiger partial charge on any atom is -0.428 e. The highest BCUT2D eigenvalue weighted by Gasteiger charge is 2.44. The minimum atomic E-state index is -4.70. The Morgan fingerprint density at radius 3 is 2.28 bits per heavy atom. The van der Waals surface area contributed by atoms with Gasteiger partial charge in [0, 0.05) is 0 Å². The first-order chi connectivity index (χ1) is 8.25. The molecule has 0 bridgehead atoms. The molecule has 0 heterocycles. The van der Waals surface area contributed by atoms with Gasteiger partial charge in [-0.1, -0.05) is 35.3 Å². The number of para-hydroxylation sites is 1. The number of hydrogen-bond donors (Lipinski definition) is 0. The highest BCUT2D eigenvalue weighted by molar-refractivity contribution is 6.55. The monoisotopic (exact) mass is 304 g/mol. The molecule has 1 aromatic carbocycles. The van der Waals surface area contributed by atoms with Crippen molar-refractivity contribution < 1.29 is 27.1 Å². The molecule has 0 aliphatic carbocycles. The van der Waals surface area contributed by atoms with Gasteiger partial charge in [-0.05, 0) is 12.1 Å². The third-order valence-electron chi connectivity index (χ3n) is 1.85. The zero-order valence-electron chi connectivity index (χ0n) is 8.55. The highest BCUT2D eigenvalue weighted by Crippen LogP contribution is 2.31. The van der Waals surface area contributed by atoms with Crippen molar-refractivity contribution in [2.75, 3.05) is 0 Å². The summed E-state index contributed by atoms with van der Waals surface area (Å²) in [4.78, 5) is 9.94. The van der Waals surface area contributed by atoms with Gasteiger partial charge in [0.05, 0.1) is 5.56 Å². The molecule has 0 aliphatic heterocycles. The second kappa shape index (κ2) is 5.75. The molecule has 0 aliphatic rings. The molecule has 0 radical (unpaired) electrons. The van der Waals surface area contributed by atoms with Gasteiger partial charge < -0.3 is 4.74 Å².